The molecule has 0 spiro atoms. The zero-order valence-electron chi connectivity index (χ0n) is 15.2. The number of nitrogens with one attached hydrogen (secondary N) is 1. The van der Waals surface area contributed by atoms with Crippen molar-refractivity contribution in [1.29, 1.82) is 0 Å². The minimum Gasteiger partial charge on any atom is -0.508 e. The summed E-state index contributed by atoms with van der Waals surface area (Å²) in [5.41, 5.74) is 0.875. The van der Waals surface area contributed by atoms with E-state index < -0.39 is 22.6 Å². The van der Waals surface area contributed by atoms with Crippen molar-refractivity contribution in [2.75, 3.05) is 10.2 Å². The van der Waals surface area contributed by atoms with Crippen LogP contribution in [0, 0.1) is 10.1 Å². The van der Waals surface area contributed by atoms with E-state index >= 15 is 0 Å². The van der Waals surface area contributed by atoms with Crippen LogP contribution >= 0.6 is 0 Å². The number of amides is 3. The van der Waals surface area contributed by atoms with Gasteiger partial charge in [-0.1, -0.05) is 6.07 Å². The van der Waals surface area contributed by atoms with Gasteiger partial charge in [-0.15, -0.1) is 0 Å². The smallest absolute Gasteiger partial charge is 0.269 e. The highest BCUT2D eigenvalue weighted by molar-refractivity contribution is 6.34. The molecule has 2 N–H and O–H groups in total. The zero-order valence-corrected chi connectivity index (χ0v) is 15.2. The Morgan fingerprint density at radius 3 is 2.30 bits per heavy atom. The number of carbonyl (C=O) groups excluding carboxylic acids is 3. The Kier molecular flexibility index (Phi) is 4.47. The third kappa shape index (κ3) is 3.24. The number of nitrogens with zero attached hydrogens (tertiary/aromatic N) is 2. The minimum atomic E-state index is -0.577. The summed E-state index contributed by atoms with van der Waals surface area (Å²) < 4.78 is 0. The molecule has 0 aliphatic carbocycles. The normalized spacial score (nSPS) is 12.6. The van der Waals surface area contributed by atoms with E-state index in [-0.39, 0.29) is 39.5 Å². The number of phenolic OH excluding ortho intramolecular Hbond substituents is 1. The summed E-state index contributed by atoms with van der Waals surface area (Å²) in [6.45, 7) is 0. The number of fused-ring (bicyclic) bond motifs is 1. The van der Waals surface area contributed by atoms with Gasteiger partial charge in [0, 0.05) is 29.4 Å². The van der Waals surface area contributed by atoms with Crippen molar-refractivity contribution in [3.8, 4) is 5.75 Å². The maximum absolute atomic E-state index is 12.8. The molecule has 1 aliphatic rings. The molecule has 0 atom stereocenters. The molecule has 0 saturated heterocycles. The largest absolute Gasteiger partial charge is 0.508 e. The Bertz CT molecular complexity index is 1220. The summed E-state index contributed by atoms with van der Waals surface area (Å²) in [5.74, 6) is -1.72. The fraction of sp³-hybridized carbons (Fsp3) is 0. The van der Waals surface area contributed by atoms with Gasteiger partial charge in [-0.2, -0.15) is 0 Å². The lowest BCUT2D eigenvalue weighted by molar-refractivity contribution is -0.384. The van der Waals surface area contributed by atoms with Gasteiger partial charge in [-0.05, 0) is 42.5 Å². The number of nitro groups is 1. The van der Waals surface area contributed by atoms with Gasteiger partial charge in [-0.25, -0.2) is 4.90 Å². The first-order valence-corrected chi connectivity index (χ1v) is 8.73. The average Bonchev–Trinajstić information content (AvgIpc) is 2.98. The number of non-ortho nitro benzene ring substituents is 1. The Labute approximate surface area is 169 Å². The number of aromatic hydroxyl groups is 1. The summed E-state index contributed by atoms with van der Waals surface area (Å²) in [7, 11) is 0. The number of hydrogen-bond acceptors (Lipinski definition) is 6. The van der Waals surface area contributed by atoms with E-state index in [1.165, 1.54) is 66.7 Å². The molecule has 0 fully saturated rings. The molecule has 3 amide bonds. The first-order chi connectivity index (χ1) is 14.3. The van der Waals surface area contributed by atoms with Crippen molar-refractivity contribution in [3.63, 3.8) is 0 Å². The highest BCUT2D eigenvalue weighted by Crippen LogP contribution is 2.31. The number of benzene rings is 3. The molecular formula is C21H13N3O6. The van der Waals surface area contributed by atoms with Crippen molar-refractivity contribution in [2.45, 2.75) is 0 Å². The molecule has 30 heavy (non-hydrogen) atoms. The second-order valence-corrected chi connectivity index (χ2v) is 6.48. The molecular weight excluding hydrogens is 390 g/mol. The van der Waals surface area contributed by atoms with Gasteiger partial charge < -0.3 is 10.4 Å². The van der Waals surface area contributed by atoms with Crippen molar-refractivity contribution in [1.82, 2.24) is 0 Å². The Morgan fingerprint density at radius 1 is 0.933 bits per heavy atom. The number of anilines is 2. The zero-order chi connectivity index (χ0) is 21.4. The molecule has 0 bridgehead atoms. The lowest BCUT2D eigenvalue weighted by Gasteiger charge is -2.13. The molecule has 9 nitrogen and oxygen atoms in total. The predicted octanol–water partition coefficient (Wildman–Crippen LogP) is 3.35. The fourth-order valence-electron chi connectivity index (χ4n) is 3.12. The van der Waals surface area contributed by atoms with Crippen LogP contribution in [0.5, 0.6) is 5.75 Å². The van der Waals surface area contributed by atoms with Gasteiger partial charge in [-0.3, -0.25) is 24.5 Å². The summed E-state index contributed by atoms with van der Waals surface area (Å²) in [6, 6.07) is 15.2. The number of imide groups is 1. The summed E-state index contributed by atoms with van der Waals surface area (Å²) in [4.78, 5) is 48.9. The maximum Gasteiger partial charge on any atom is 0.269 e. The Hall–Kier alpha value is -4.53. The van der Waals surface area contributed by atoms with Gasteiger partial charge in [0.1, 0.15) is 5.75 Å². The second kappa shape index (κ2) is 7.13. The monoisotopic (exact) mass is 403 g/mol. The van der Waals surface area contributed by atoms with Crippen LogP contribution in [-0.2, 0) is 0 Å². The van der Waals surface area contributed by atoms with Gasteiger partial charge in [0.2, 0.25) is 0 Å². The van der Waals surface area contributed by atoms with E-state index in [9.17, 15) is 29.6 Å². The maximum atomic E-state index is 12.8. The summed E-state index contributed by atoms with van der Waals surface area (Å²) >= 11 is 0. The quantitative estimate of drug-likeness (QED) is 0.390. The van der Waals surface area contributed by atoms with Crippen molar-refractivity contribution in [2.24, 2.45) is 0 Å². The molecule has 0 saturated carbocycles. The fourth-order valence-corrected chi connectivity index (χ4v) is 3.12. The van der Waals surface area contributed by atoms with Crippen LogP contribution in [-0.4, -0.2) is 27.8 Å². The molecule has 3 aromatic carbocycles. The van der Waals surface area contributed by atoms with Gasteiger partial charge >= 0.3 is 0 Å². The highest BCUT2D eigenvalue weighted by Gasteiger charge is 2.37. The number of nitro benzene ring substituents is 1. The van der Waals surface area contributed by atoms with Crippen LogP contribution in [0.25, 0.3) is 0 Å². The SMILES string of the molecule is O=C(Nc1ccc2c(c1)C(=O)N(c1cccc(O)c1)C2=O)c1ccc([N+](=O)[O-])cc1. The third-order valence-corrected chi connectivity index (χ3v) is 4.57. The first-order valence-electron chi connectivity index (χ1n) is 8.73. The summed E-state index contributed by atoms with van der Waals surface area (Å²) in [5, 5.41) is 22.9. The predicted molar refractivity (Wildman–Crippen MR) is 107 cm³/mol. The van der Waals surface area contributed by atoms with E-state index in [2.05, 4.69) is 5.32 Å². The van der Waals surface area contributed by atoms with Crippen LogP contribution in [0.2, 0.25) is 0 Å². The number of hydrogen-bond donors (Lipinski definition) is 2. The van der Waals surface area contributed by atoms with Crippen molar-refractivity contribution in [3.05, 3.63) is 93.5 Å². The number of carbonyl (C=O) groups is 3. The Morgan fingerprint density at radius 2 is 1.63 bits per heavy atom. The average molecular weight is 403 g/mol. The van der Waals surface area contributed by atoms with Crippen LogP contribution in [0.4, 0.5) is 17.1 Å². The molecule has 0 aromatic heterocycles. The van der Waals surface area contributed by atoms with E-state index in [0.717, 1.165) is 4.90 Å². The van der Waals surface area contributed by atoms with Crippen molar-refractivity contribution >= 4 is 34.8 Å². The van der Waals surface area contributed by atoms with E-state index in [0.29, 0.717) is 0 Å². The third-order valence-electron chi connectivity index (χ3n) is 4.57. The highest BCUT2D eigenvalue weighted by atomic mass is 16.6. The molecule has 4 rings (SSSR count). The van der Waals surface area contributed by atoms with E-state index in [4.69, 9.17) is 0 Å². The second-order valence-electron chi connectivity index (χ2n) is 6.48. The molecule has 0 unspecified atom stereocenters. The van der Waals surface area contributed by atoms with E-state index in [1.54, 1.807) is 0 Å². The lowest BCUT2D eigenvalue weighted by Crippen LogP contribution is -2.29. The molecule has 1 heterocycles. The molecule has 9 heteroatoms. The van der Waals surface area contributed by atoms with Crippen LogP contribution in [0.1, 0.15) is 31.1 Å². The van der Waals surface area contributed by atoms with Gasteiger partial charge in [0.25, 0.3) is 23.4 Å². The van der Waals surface area contributed by atoms with Gasteiger partial charge in [0.05, 0.1) is 21.7 Å². The Balaban J connectivity index is 1.58. The van der Waals surface area contributed by atoms with Crippen molar-refractivity contribution < 1.29 is 24.4 Å². The molecule has 3 aromatic rings. The lowest BCUT2D eigenvalue weighted by atomic mass is 10.1. The van der Waals surface area contributed by atoms with Crippen LogP contribution < -0.4 is 10.2 Å². The van der Waals surface area contributed by atoms with E-state index in [1.807, 2.05) is 0 Å². The summed E-state index contributed by atoms with van der Waals surface area (Å²) in [6.07, 6.45) is 0. The van der Waals surface area contributed by atoms with Gasteiger partial charge in [0.15, 0.2) is 0 Å². The molecule has 0 radical (unpaired) electrons. The minimum absolute atomic E-state index is 0.0832. The number of phenols is 1. The first kappa shape index (κ1) is 18.8. The molecule has 1 aliphatic heterocycles. The van der Waals surface area contributed by atoms with Crippen LogP contribution in [0.3, 0.4) is 0 Å². The number of rotatable bonds is 4. The topological polar surface area (TPSA) is 130 Å². The van der Waals surface area contributed by atoms with Crippen LogP contribution in [0.15, 0.2) is 66.7 Å². The molecule has 148 valence electrons. The standard InChI is InChI=1S/C21H13N3O6/c25-16-3-1-2-15(11-16)23-20(27)17-9-6-13(10-18(17)21(23)28)22-19(26)12-4-7-14(8-5-12)24(29)30/h1-11,25H,(H,22,26).